The Morgan fingerprint density at radius 3 is 2.66 bits per heavy atom. The summed E-state index contributed by atoms with van der Waals surface area (Å²) in [5.41, 5.74) is 1.36. The maximum absolute atomic E-state index is 13.7. The van der Waals surface area contributed by atoms with Gasteiger partial charge in [-0.3, -0.25) is 9.79 Å². The number of halogens is 3. The molecule has 2 aromatic rings. The molecule has 0 saturated heterocycles. The Labute approximate surface area is 200 Å². The summed E-state index contributed by atoms with van der Waals surface area (Å²) in [4.78, 5) is 33.4. The number of esters is 2. The average molecular weight is 573 g/mol. The van der Waals surface area contributed by atoms with E-state index in [4.69, 9.17) is 9.47 Å². The summed E-state index contributed by atoms with van der Waals surface area (Å²) in [6, 6.07) is 3.34. The van der Waals surface area contributed by atoms with Crippen LogP contribution in [0.2, 0.25) is 0 Å². The molecular formula is C20H20Br2FN5O4. The number of amidine groups is 1. The molecule has 1 N–H and O–H groups in total. The first-order valence-electron chi connectivity index (χ1n) is 9.69. The highest BCUT2D eigenvalue weighted by Gasteiger charge is 2.34. The number of aromatic nitrogens is 3. The molecule has 0 spiro atoms. The van der Waals surface area contributed by atoms with Crippen molar-refractivity contribution < 1.29 is 23.5 Å². The third kappa shape index (κ3) is 5.41. The monoisotopic (exact) mass is 571 g/mol. The molecule has 1 unspecified atom stereocenters. The number of alkyl halides is 1. The number of rotatable bonds is 8. The normalized spacial score (nSPS) is 15.8. The summed E-state index contributed by atoms with van der Waals surface area (Å²) in [6.45, 7) is 3.77. The van der Waals surface area contributed by atoms with Gasteiger partial charge in [-0.1, -0.05) is 37.9 Å². The molecule has 0 bridgehead atoms. The molecule has 0 aliphatic carbocycles. The third-order valence-corrected chi connectivity index (χ3v) is 5.60. The largest absolute Gasteiger partial charge is 0.465 e. The number of ether oxygens (including phenoxy) is 2. The Bertz CT molecular complexity index is 1090. The number of carbonyl (C=O) groups is 2. The van der Waals surface area contributed by atoms with Gasteiger partial charge in [-0.2, -0.15) is 0 Å². The number of aliphatic imine (C=N–C) groups is 1. The van der Waals surface area contributed by atoms with Crippen molar-refractivity contribution in [3.05, 3.63) is 57.5 Å². The molecule has 0 radical (unpaired) electrons. The van der Waals surface area contributed by atoms with Crippen molar-refractivity contribution in [3.63, 3.8) is 0 Å². The second-order valence-electron chi connectivity index (χ2n) is 6.49. The Morgan fingerprint density at radius 2 is 2.00 bits per heavy atom. The number of nitrogens with one attached hydrogen (secondary N) is 1. The molecule has 1 aromatic carbocycles. The van der Waals surface area contributed by atoms with Crippen molar-refractivity contribution in [1.29, 1.82) is 0 Å². The lowest BCUT2D eigenvalue weighted by atomic mass is 9.96. The zero-order valence-corrected chi connectivity index (χ0v) is 20.4. The minimum absolute atomic E-state index is 0.101. The van der Waals surface area contributed by atoms with Gasteiger partial charge in [0, 0.05) is 15.5 Å². The highest BCUT2D eigenvalue weighted by molar-refractivity contribution is 9.10. The van der Waals surface area contributed by atoms with Crippen LogP contribution in [0.15, 0.2) is 45.3 Å². The van der Waals surface area contributed by atoms with Crippen LogP contribution in [0.4, 0.5) is 4.39 Å². The molecule has 0 fully saturated rings. The van der Waals surface area contributed by atoms with Crippen molar-refractivity contribution in [2.24, 2.45) is 4.99 Å². The predicted molar refractivity (Wildman–Crippen MR) is 121 cm³/mol. The smallest absolute Gasteiger partial charge is 0.338 e. The van der Waals surface area contributed by atoms with E-state index in [0.717, 1.165) is 0 Å². The van der Waals surface area contributed by atoms with E-state index in [1.54, 1.807) is 19.9 Å². The molecule has 170 valence electrons. The molecule has 1 atom stereocenters. The molecule has 12 heteroatoms. The molecule has 1 aliphatic heterocycles. The Hall–Kier alpha value is -2.60. The van der Waals surface area contributed by atoms with E-state index in [0.29, 0.717) is 21.1 Å². The summed E-state index contributed by atoms with van der Waals surface area (Å²) >= 11 is 6.75. The lowest BCUT2D eigenvalue weighted by Crippen LogP contribution is -2.35. The molecule has 2 heterocycles. The summed E-state index contributed by atoms with van der Waals surface area (Å²) in [6.07, 6.45) is 1.39. The van der Waals surface area contributed by atoms with Crippen molar-refractivity contribution in [2.45, 2.75) is 26.4 Å². The SMILES string of the molecule is CCOC(=O)Cn1cnc(C2=NC(c3ccc(F)cc3Br)C(C(=O)OCC)=C(CBr)N2)n1. The average Bonchev–Trinajstić information content (AvgIpc) is 3.21. The summed E-state index contributed by atoms with van der Waals surface area (Å²) in [7, 11) is 0. The van der Waals surface area contributed by atoms with Crippen LogP contribution in [0.25, 0.3) is 0 Å². The predicted octanol–water partition coefficient (Wildman–Crippen LogP) is 3.05. The Kier molecular flexibility index (Phi) is 8.13. The van der Waals surface area contributed by atoms with Crippen LogP contribution in [-0.2, 0) is 25.6 Å². The number of benzene rings is 1. The van der Waals surface area contributed by atoms with Gasteiger partial charge in [-0.15, -0.1) is 5.10 Å². The van der Waals surface area contributed by atoms with E-state index < -0.39 is 23.8 Å². The number of allylic oxidation sites excluding steroid dienone is 1. The topological polar surface area (TPSA) is 108 Å². The zero-order chi connectivity index (χ0) is 23.3. The van der Waals surface area contributed by atoms with Crippen LogP contribution in [0.3, 0.4) is 0 Å². The van der Waals surface area contributed by atoms with Crippen LogP contribution in [-0.4, -0.2) is 51.1 Å². The number of hydrogen-bond acceptors (Lipinski definition) is 8. The lowest BCUT2D eigenvalue weighted by molar-refractivity contribution is -0.144. The molecular weight excluding hydrogens is 553 g/mol. The fourth-order valence-corrected chi connectivity index (χ4v) is 4.04. The van der Waals surface area contributed by atoms with Gasteiger partial charge >= 0.3 is 11.9 Å². The fraction of sp³-hybridized carbons (Fsp3) is 0.350. The fourth-order valence-electron chi connectivity index (χ4n) is 3.03. The van der Waals surface area contributed by atoms with Gasteiger partial charge < -0.3 is 14.8 Å². The summed E-state index contributed by atoms with van der Waals surface area (Å²) in [5, 5.41) is 7.64. The minimum Gasteiger partial charge on any atom is -0.465 e. The molecule has 0 amide bonds. The standard InChI is InChI=1S/C20H20Br2FN5O4/c1-3-31-15(29)9-28-10-24-18(27-28)19-25-14(8-21)16(20(30)32-4-2)17(26-19)12-6-5-11(23)7-13(12)22/h5-7,10,17H,3-4,8-9H2,1-2H3,(H,25,26). The molecule has 32 heavy (non-hydrogen) atoms. The quantitative estimate of drug-likeness (QED) is 0.382. The van der Waals surface area contributed by atoms with E-state index in [1.807, 2.05) is 0 Å². The Morgan fingerprint density at radius 1 is 1.25 bits per heavy atom. The maximum atomic E-state index is 13.7. The maximum Gasteiger partial charge on any atom is 0.338 e. The first-order chi connectivity index (χ1) is 15.4. The van der Waals surface area contributed by atoms with E-state index in [9.17, 15) is 14.0 Å². The minimum atomic E-state index is -0.801. The second kappa shape index (κ2) is 10.8. The van der Waals surface area contributed by atoms with Gasteiger partial charge in [0.25, 0.3) is 0 Å². The molecule has 1 aliphatic rings. The van der Waals surface area contributed by atoms with Crippen LogP contribution in [0, 0.1) is 5.82 Å². The van der Waals surface area contributed by atoms with Crippen LogP contribution in [0.5, 0.6) is 0 Å². The summed E-state index contributed by atoms with van der Waals surface area (Å²) < 4.78 is 25.6. The van der Waals surface area contributed by atoms with Gasteiger partial charge in [-0.25, -0.2) is 18.9 Å². The van der Waals surface area contributed by atoms with Crippen molar-refractivity contribution >= 4 is 49.6 Å². The van der Waals surface area contributed by atoms with Gasteiger partial charge in [-0.05, 0) is 31.5 Å². The third-order valence-electron chi connectivity index (χ3n) is 4.36. The van der Waals surface area contributed by atoms with Gasteiger partial charge in [0.1, 0.15) is 24.7 Å². The van der Waals surface area contributed by atoms with Crippen molar-refractivity contribution in [2.75, 3.05) is 18.5 Å². The first-order valence-corrected chi connectivity index (χ1v) is 11.6. The first kappa shape index (κ1) is 24.1. The summed E-state index contributed by atoms with van der Waals surface area (Å²) in [5.74, 6) is -0.906. The number of nitrogens with zero attached hydrogens (tertiary/aromatic N) is 4. The van der Waals surface area contributed by atoms with Crippen LogP contribution < -0.4 is 5.32 Å². The molecule has 1 aromatic heterocycles. The highest BCUT2D eigenvalue weighted by Crippen LogP contribution is 2.36. The lowest BCUT2D eigenvalue weighted by Gasteiger charge is -2.26. The van der Waals surface area contributed by atoms with Gasteiger partial charge in [0.15, 0.2) is 5.84 Å². The van der Waals surface area contributed by atoms with Crippen LogP contribution in [0.1, 0.15) is 31.3 Å². The van der Waals surface area contributed by atoms with Crippen molar-refractivity contribution in [1.82, 2.24) is 20.1 Å². The highest BCUT2D eigenvalue weighted by atomic mass is 79.9. The Balaban J connectivity index is 2.03. The van der Waals surface area contributed by atoms with E-state index >= 15 is 0 Å². The number of carbonyl (C=O) groups excluding carboxylic acids is 2. The van der Waals surface area contributed by atoms with E-state index in [1.165, 1.54) is 23.1 Å². The van der Waals surface area contributed by atoms with E-state index in [2.05, 4.69) is 52.3 Å². The zero-order valence-electron chi connectivity index (χ0n) is 17.3. The molecule has 0 saturated carbocycles. The van der Waals surface area contributed by atoms with Crippen LogP contribution >= 0.6 is 31.9 Å². The van der Waals surface area contributed by atoms with Gasteiger partial charge in [0.05, 0.1) is 18.8 Å². The van der Waals surface area contributed by atoms with Gasteiger partial charge in [0.2, 0.25) is 5.82 Å². The second-order valence-corrected chi connectivity index (χ2v) is 7.90. The molecule has 3 rings (SSSR count). The molecule has 9 nitrogen and oxygen atoms in total. The van der Waals surface area contributed by atoms with Crippen molar-refractivity contribution in [3.8, 4) is 0 Å². The van der Waals surface area contributed by atoms with E-state index in [-0.39, 0.29) is 37.0 Å². The number of hydrogen-bond donors (Lipinski definition) is 1.